The Morgan fingerprint density at radius 3 is 2.36 bits per heavy atom. The summed E-state index contributed by atoms with van der Waals surface area (Å²) in [7, 11) is 0. The topological polar surface area (TPSA) is 60.6 Å². The van der Waals surface area contributed by atoms with Crippen molar-refractivity contribution >= 4 is 0 Å². The molecule has 0 spiro atoms. The predicted octanol–water partition coefficient (Wildman–Crippen LogP) is -0.234. The molecule has 1 N–H and O–H groups in total. The summed E-state index contributed by atoms with van der Waals surface area (Å²) in [6, 6.07) is 1.82. The Labute approximate surface area is 81.5 Å². The second kappa shape index (κ2) is 4.52. The van der Waals surface area contributed by atoms with E-state index in [4.69, 9.17) is 0 Å². The Kier molecular flexibility index (Phi) is 2.87. The average Bonchev–Trinajstić information content (AvgIpc) is 2.73. The molecule has 1 aliphatic rings. The molecule has 0 saturated carbocycles. The second-order valence-corrected chi connectivity index (χ2v) is 2.85. The molecule has 2 aromatic rings. The standard InChI is InChI=1S/C5H5N5.C3H7N/c1-2-7-9(3-1)10-5-6-4-8-10;1-2-4-3-1/h1-5H;4H,1-3H2. The second-order valence-electron chi connectivity index (χ2n) is 2.85. The Bertz CT molecular complexity index is 298. The lowest BCUT2D eigenvalue weighted by molar-refractivity contribution is 0.506. The van der Waals surface area contributed by atoms with Crippen LogP contribution in [0.4, 0.5) is 0 Å². The maximum Gasteiger partial charge on any atom is 0.139 e. The molecular formula is C8H12N6. The van der Waals surface area contributed by atoms with Crippen molar-refractivity contribution < 1.29 is 0 Å². The van der Waals surface area contributed by atoms with Crippen molar-refractivity contribution in [3.8, 4) is 0 Å². The number of nitrogens with one attached hydrogen (secondary N) is 1. The molecule has 0 aliphatic carbocycles. The van der Waals surface area contributed by atoms with Gasteiger partial charge in [0.05, 0.1) is 12.4 Å². The van der Waals surface area contributed by atoms with E-state index in [1.54, 1.807) is 23.5 Å². The molecule has 0 radical (unpaired) electrons. The summed E-state index contributed by atoms with van der Waals surface area (Å²) in [4.78, 5) is 6.87. The van der Waals surface area contributed by atoms with Gasteiger partial charge in [0.2, 0.25) is 0 Å². The zero-order chi connectivity index (χ0) is 9.64. The van der Waals surface area contributed by atoms with Gasteiger partial charge in [0.25, 0.3) is 0 Å². The van der Waals surface area contributed by atoms with Crippen LogP contribution in [0.5, 0.6) is 0 Å². The van der Waals surface area contributed by atoms with Gasteiger partial charge in [-0.05, 0) is 25.6 Å². The maximum absolute atomic E-state index is 3.94. The molecule has 74 valence electrons. The number of nitrogens with zero attached hydrogens (tertiary/aromatic N) is 5. The minimum absolute atomic E-state index is 1.25. The fourth-order valence-corrected chi connectivity index (χ4v) is 0.867. The first kappa shape index (κ1) is 8.89. The van der Waals surface area contributed by atoms with Crippen LogP contribution in [-0.2, 0) is 0 Å². The lowest BCUT2D eigenvalue weighted by atomic mass is 10.3. The Hall–Kier alpha value is -1.69. The summed E-state index contributed by atoms with van der Waals surface area (Å²) in [6.07, 6.45) is 7.89. The third-order valence-corrected chi connectivity index (χ3v) is 1.81. The van der Waals surface area contributed by atoms with Crippen molar-refractivity contribution in [2.24, 2.45) is 0 Å². The van der Waals surface area contributed by atoms with Crippen molar-refractivity contribution in [2.75, 3.05) is 13.1 Å². The van der Waals surface area contributed by atoms with Gasteiger partial charge >= 0.3 is 0 Å². The van der Waals surface area contributed by atoms with Gasteiger partial charge in [-0.2, -0.15) is 9.89 Å². The highest BCUT2D eigenvalue weighted by Crippen LogP contribution is 1.83. The smallest absolute Gasteiger partial charge is 0.139 e. The molecule has 14 heavy (non-hydrogen) atoms. The first-order chi connectivity index (χ1) is 6.97. The van der Waals surface area contributed by atoms with E-state index in [0.29, 0.717) is 0 Å². The van der Waals surface area contributed by atoms with Gasteiger partial charge in [-0.15, -0.1) is 9.89 Å². The summed E-state index contributed by atoms with van der Waals surface area (Å²) in [5.74, 6) is 0. The van der Waals surface area contributed by atoms with E-state index in [1.807, 2.05) is 6.07 Å². The van der Waals surface area contributed by atoms with E-state index in [2.05, 4.69) is 20.5 Å². The molecule has 0 aromatic carbocycles. The maximum atomic E-state index is 3.94. The summed E-state index contributed by atoms with van der Waals surface area (Å²) >= 11 is 0. The average molecular weight is 192 g/mol. The van der Waals surface area contributed by atoms with Crippen molar-refractivity contribution in [1.29, 1.82) is 0 Å². The predicted molar refractivity (Wildman–Crippen MR) is 50.5 cm³/mol. The van der Waals surface area contributed by atoms with E-state index in [-0.39, 0.29) is 0 Å². The van der Waals surface area contributed by atoms with Gasteiger partial charge in [-0.25, -0.2) is 4.98 Å². The summed E-state index contributed by atoms with van der Waals surface area (Å²) in [5, 5.41) is 10.9. The van der Waals surface area contributed by atoms with Crippen LogP contribution < -0.4 is 5.32 Å². The highest BCUT2D eigenvalue weighted by Gasteiger charge is 1.92. The number of hydrogen-bond acceptors (Lipinski definition) is 4. The first-order valence-electron chi connectivity index (χ1n) is 4.52. The van der Waals surface area contributed by atoms with Gasteiger partial charge in [0.15, 0.2) is 0 Å². The number of rotatable bonds is 1. The van der Waals surface area contributed by atoms with Crippen LogP contribution in [0.1, 0.15) is 6.42 Å². The van der Waals surface area contributed by atoms with Crippen LogP contribution in [0, 0.1) is 0 Å². The molecule has 6 heteroatoms. The molecule has 1 aliphatic heterocycles. The van der Waals surface area contributed by atoms with Gasteiger partial charge in [-0.1, -0.05) is 0 Å². The minimum Gasteiger partial charge on any atom is -0.317 e. The third-order valence-electron chi connectivity index (χ3n) is 1.81. The molecule has 0 atom stereocenters. The molecule has 2 aromatic heterocycles. The largest absolute Gasteiger partial charge is 0.317 e. The van der Waals surface area contributed by atoms with E-state index in [1.165, 1.54) is 30.6 Å². The van der Waals surface area contributed by atoms with E-state index >= 15 is 0 Å². The number of aromatic nitrogens is 5. The van der Waals surface area contributed by atoms with Crippen molar-refractivity contribution in [3.63, 3.8) is 0 Å². The molecule has 1 saturated heterocycles. The minimum atomic E-state index is 1.25. The van der Waals surface area contributed by atoms with E-state index < -0.39 is 0 Å². The Morgan fingerprint density at radius 1 is 1.14 bits per heavy atom. The molecule has 0 bridgehead atoms. The Morgan fingerprint density at radius 2 is 1.93 bits per heavy atom. The normalized spacial score (nSPS) is 14.0. The molecule has 3 rings (SSSR count). The molecular weight excluding hydrogens is 180 g/mol. The van der Waals surface area contributed by atoms with Crippen LogP contribution >= 0.6 is 0 Å². The van der Waals surface area contributed by atoms with Crippen LogP contribution in [0.15, 0.2) is 31.1 Å². The van der Waals surface area contributed by atoms with Crippen molar-refractivity contribution in [2.45, 2.75) is 6.42 Å². The fraction of sp³-hybridized carbons (Fsp3) is 0.375. The van der Waals surface area contributed by atoms with E-state index in [0.717, 1.165) is 0 Å². The van der Waals surface area contributed by atoms with Gasteiger partial charge in [0.1, 0.15) is 12.7 Å². The third kappa shape index (κ3) is 2.17. The summed E-state index contributed by atoms with van der Waals surface area (Å²) in [5.41, 5.74) is 0. The molecule has 6 nitrogen and oxygen atoms in total. The van der Waals surface area contributed by atoms with E-state index in [9.17, 15) is 0 Å². The summed E-state index contributed by atoms with van der Waals surface area (Å²) in [6.45, 7) is 2.50. The fourth-order valence-electron chi connectivity index (χ4n) is 0.867. The monoisotopic (exact) mass is 192 g/mol. The SMILES string of the molecule is C1CNC1.c1cnn(-n2cncn2)c1. The highest BCUT2D eigenvalue weighted by atomic mass is 15.7. The lowest BCUT2D eigenvalue weighted by Gasteiger charge is -2.09. The first-order valence-corrected chi connectivity index (χ1v) is 4.52. The van der Waals surface area contributed by atoms with Crippen LogP contribution in [-0.4, -0.2) is 37.9 Å². The van der Waals surface area contributed by atoms with Gasteiger partial charge in [0, 0.05) is 0 Å². The zero-order valence-corrected chi connectivity index (χ0v) is 7.74. The lowest BCUT2D eigenvalue weighted by Crippen LogP contribution is -2.29. The molecule has 0 unspecified atom stereocenters. The van der Waals surface area contributed by atoms with Gasteiger partial charge < -0.3 is 5.32 Å². The highest BCUT2D eigenvalue weighted by molar-refractivity contribution is 4.78. The summed E-state index contributed by atoms with van der Waals surface area (Å²) < 4.78 is 0. The van der Waals surface area contributed by atoms with Crippen molar-refractivity contribution in [1.82, 2.24) is 30.1 Å². The molecule has 0 amide bonds. The van der Waals surface area contributed by atoms with Gasteiger partial charge in [-0.3, -0.25) is 0 Å². The van der Waals surface area contributed by atoms with Crippen LogP contribution in [0.3, 0.4) is 0 Å². The molecule has 3 heterocycles. The van der Waals surface area contributed by atoms with Crippen LogP contribution in [0.25, 0.3) is 0 Å². The Balaban J connectivity index is 0.000000157. The zero-order valence-electron chi connectivity index (χ0n) is 7.74. The number of hydrogen-bond donors (Lipinski definition) is 1. The quantitative estimate of drug-likeness (QED) is 0.677. The molecule has 1 fully saturated rings. The van der Waals surface area contributed by atoms with Crippen molar-refractivity contribution in [3.05, 3.63) is 31.1 Å². The van der Waals surface area contributed by atoms with Crippen LogP contribution in [0.2, 0.25) is 0 Å².